The van der Waals surface area contributed by atoms with Crippen LogP contribution in [0.25, 0.3) is 0 Å². The first-order chi connectivity index (χ1) is 11.2. The van der Waals surface area contributed by atoms with Gasteiger partial charge < -0.3 is 14.8 Å². The minimum absolute atomic E-state index is 0.206. The fourth-order valence-electron chi connectivity index (χ4n) is 2.04. The lowest BCUT2D eigenvalue weighted by molar-refractivity contribution is -0.757. The van der Waals surface area contributed by atoms with Crippen molar-refractivity contribution in [1.82, 2.24) is 5.32 Å². The molecule has 0 fully saturated rings. The number of methoxy groups -OCH3 is 1. The maximum absolute atomic E-state index is 13.6. The number of quaternary nitrogens is 1. The van der Waals surface area contributed by atoms with Gasteiger partial charge in [-0.1, -0.05) is 0 Å². The summed E-state index contributed by atoms with van der Waals surface area (Å²) >= 11 is 0. The van der Waals surface area contributed by atoms with Crippen molar-refractivity contribution in [3.05, 3.63) is 29.8 Å². The number of hydrogen-bond acceptors (Lipinski definition) is 4. The van der Waals surface area contributed by atoms with E-state index in [9.17, 15) is 22.8 Å². The Kier molecular flexibility index (Phi) is 6.59. The maximum Gasteiger partial charge on any atom is 0.478 e. The van der Waals surface area contributed by atoms with Crippen molar-refractivity contribution in [2.45, 2.75) is 32.2 Å². The molecule has 0 aliphatic heterocycles. The number of ether oxygens (including phenoxy) is 2. The normalized spacial score (nSPS) is 13.8. The summed E-state index contributed by atoms with van der Waals surface area (Å²) in [6.07, 6.45) is -5.04. The van der Waals surface area contributed by atoms with E-state index >= 15 is 0 Å². The highest BCUT2D eigenvalue weighted by atomic mass is 19.4. The number of hydrogen-bond donors (Lipinski definition) is 2. The zero-order chi connectivity index (χ0) is 18.4. The summed E-state index contributed by atoms with van der Waals surface area (Å²) < 4.78 is 50.2. The van der Waals surface area contributed by atoms with Crippen molar-refractivity contribution in [3.8, 4) is 5.75 Å². The van der Waals surface area contributed by atoms with Gasteiger partial charge >= 0.3 is 17.8 Å². The van der Waals surface area contributed by atoms with Crippen LogP contribution in [0.2, 0.25) is 0 Å². The molecule has 1 aromatic rings. The highest BCUT2D eigenvalue weighted by Gasteiger charge is 2.67. The van der Waals surface area contributed by atoms with E-state index in [1.54, 1.807) is 29.6 Å². The van der Waals surface area contributed by atoms with Crippen LogP contribution in [0.3, 0.4) is 0 Å². The number of carbonyl (C=O) groups is 2. The van der Waals surface area contributed by atoms with Crippen LogP contribution in [0.5, 0.6) is 5.75 Å². The fourth-order valence-corrected chi connectivity index (χ4v) is 2.04. The van der Waals surface area contributed by atoms with Crippen LogP contribution in [0.15, 0.2) is 24.3 Å². The summed E-state index contributed by atoms with van der Waals surface area (Å²) in [4.78, 5) is 23.2. The molecule has 6 nitrogen and oxygen atoms in total. The molecular formula is C15H20F3N2O4+. The number of halogens is 3. The Morgan fingerprint density at radius 1 is 1.21 bits per heavy atom. The van der Waals surface area contributed by atoms with Gasteiger partial charge in [0, 0.05) is 12.5 Å². The molecule has 1 amide bonds. The summed E-state index contributed by atoms with van der Waals surface area (Å²) in [7, 11) is 1.47. The topological polar surface area (TPSA) is 81.2 Å². The molecule has 0 unspecified atom stereocenters. The molecule has 0 bridgehead atoms. The molecule has 0 aliphatic carbocycles. The zero-order valence-electron chi connectivity index (χ0n) is 13.6. The SMILES string of the molecule is CCOC(=O)[C@](NC(C)=O)([NH2+]Cc1ccc(OC)cc1)C(F)(F)F. The summed E-state index contributed by atoms with van der Waals surface area (Å²) in [5.74, 6) is -2.01. The molecule has 0 radical (unpaired) electrons. The summed E-state index contributed by atoms with van der Waals surface area (Å²) in [5, 5.41) is 2.39. The Balaban J connectivity index is 3.10. The number of benzene rings is 1. The average Bonchev–Trinajstić information content (AvgIpc) is 2.50. The van der Waals surface area contributed by atoms with E-state index in [0.717, 1.165) is 6.92 Å². The molecular weight excluding hydrogens is 329 g/mol. The molecule has 0 heterocycles. The Morgan fingerprint density at radius 2 is 1.79 bits per heavy atom. The number of alkyl halides is 3. The Bertz CT molecular complexity index is 575. The second-order valence-electron chi connectivity index (χ2n) is 4.96. The van der Waals surface area contributed by atoms with Crippen LogP contribution in [0.1, 0.15) is 19.4 Å². The third kappa shape index (κ3) is 4.60. The van der Waals surface area contributed by atoms with E-state index < -0.39 is 23.7 Å². The van der Waals surface area contributed by atoms with Crippen LogP contribution < -0.4 is 15.4 Å². The van der Waals surface area contributed by atoms with Gasteiger partial charge in [-0.3, -0.25) is 10.1 Å². The minimum atomic E-state index is -5.04. The van der Waals surface area contributed by atoms with Gasteiger partial charge in [0.25, 0.3) is 0 Å². The average molecular weight is 349 g/mol. The number of esters is 1. The number of nitrogens with two attached hydrogens (primary N) is 1. The molecule has 0 aliphatic rings. The molecule has 1 atom stereocenters. The molecule has 1 rings (SSSR count). The molecule has 0 spiro atoms. The Hall–Kier alpha value is -2.29. The Morgan fingerprint density at radius 3 is 2.21 bits per heavy atom. The minimum Gasteiger partial charge on any atom is -0.497 e. The summed E-state index contributed by atoms with van der Waals surface area (Å²) in [6, 6.07) is 6.30. The molecule has 0 saturated carbocycles. The van der Waals surface area contributed by atoms with E-state index in [4.69, 9.17) is 4.74 Å². The van der Waals surface area contributed by atoms with Crippen LogP contribution in [-0.4, -0.2) is 37.4 Å². The fraction of sp³-hybridized carbons (Fsp3) is 0.467. The lowest BCUT2D eigenvalue weighted by Crippen LogP contribution is -3.06. The van der Waals surface area contributed by atoms with Gasteiger partial charge in [-0.05, 0) is 31.2 Å². The van der Waals surface area contributed by atoms with Gasteiger partial charge in [-0.25, -0.2) is 4.79 Å². The van der Waals surface area contributed by atoms with Gasteiger partial charge in [0.15, 0.2) is 0 Å². The lowest BCUT2D eigenvalue weighted by atomic mass is 10.1. The van der Waals surface area contributed by atoms with Gasteiger partial charge in [-0.15, -0.1) is 0 Å². The molecule has 0 saturated heterocycles. The van der Waals surface area contributed by atoms with E-state index in [1.165, 1.54) is 14.0 Å². The Labute approximate surface area is 137 Å². The smallest absolute Gasteiger partial charge is 0.478 e. The second kappa shape index (κ2) is 8.00. The van der Waals surface area contributed by atoms with Crippen molar-refractivity contribution >= 4 is 11.9 Å². The number of rotatable bonds is 7. The van der Waals surface area contributed by atoms with Crippen LogP contribution >= 0.6 is 0 Å². The van der Waals surface area contributed by atoms with Gasteiger partial charge in [0.2, 0.25) is 5.91 Å². The van der Waals surface area contributed by atoms with E-state index in [1.807, 2.05) is 0 Å². The predicted octanol–water partition coefficient (Wildman–Crippen LogP) is 0.716. The quantitative estimate of drug-likeness (QED) is 0.561. The number of nitrogens with one attached hydrogen (secondary N) is 1. The van der Waals surface area contributed by atoms with Crippen LogP contribution in [-0.2, 0) is 20.9 Å². The third-order valence-corrected chi connectivity index (χ3v) is 3.22. The van der Waals surface area contributed by atoms with Gasteiger partial charge in [-0.2, -0.15) is 13.2 Å². The largest absolute Gasteiger partial charge is 0.497 e. The monoisotopic (exact) mass is 349 g/mol. The van der Waals surface area contributed by atoms with Gasteiger partial charge in [0.1, 0.15) is 12.3 Å². The third-order valence-electron chi connectivity index (χ3n) is 3.22. The van der Waals surface area contributed by atoms with Crippen molar-refractivity contribution in [2.24, 2.45) is 0 Å². The first-order valence-corrected chi connectivity index (χ1v) is 7.16. The molecule has 24 heavy (non-hydrogen) atoms. The van der Waals surface area contributed by atoms with Gasteiger partial charge in [0.05, 0.1) is 13.7 Å². The standard InChI is InChI=1S/C15H19F3N2O4/c1-4-24-13(22)14(15(16,17)18,20-10(2)21)19-9-11-5-7-12(23-3)8-6-11/h5-8,19H,4,9H2,1-3H3,(H,20,21)/p+1/t14-/m1/s1. The zero-order valence-corrected chi connectivity index (χ0v) is 13.6. The predicted molar refractivity (Wildman–Crippen MR) is 77.9 cm³/mol. The molecule has 9 heteroatoms. The van der Waals surface area contributed by atoms with Crippen molar-refractivity contribution in [2.75, 3.05) is 13.7 Å². The summed E-state index contributed by atoms with van der Waals surface area (Å²) in [5.41, 5.74) is -2.69. The molecule has 134 valence electrons. The summed E-state index contributed by atoms with van der Waals surface area (Å²) in [6.45, 7) is 1.84. The lowest BCUT2D eigenvalue weighted by Gasteiger charge is -2.31. The number of carbonyl (C=O) groups excluding carboxylic acids is 2. The van der Waals surface area contributed by atoms with Crippen molar-refractivity contribution in [1.29, 1.82) is 0 Å². The molecule has 3 N–H and O–H groups in total. The first kappa shape index (κ1) is 19.8. The first-order valence-electron chi connectivity index (χ1n) is 7.16. The van der Waals surface area contributed by atoms with E-state index in [2.05, 4.69) is 4.74 Å². The van der Waals surface area contributed by atoms with Crippen LogP contribution in [0, 0.1) is 0 Å². The highest BCUT2D eigenvalue weighted by molar-refractivity contribution is 5.86. The van der Waals surface area contributed by atoms with E-state index in [0.29, 0.717) is 16.6 Å². The highest BCUT2D eigenvalue weighted by Crippen LogP contribution is 2.27. The van der Waals surface area contributed by atoms with Crippen molar-refractivity contribution in [3.63, 3.8) is 0 Å². The molecule has 1 aromatic carbocycles. The maximum atomic E-state index is 13.6. The van der Waals surface area contributed by atoms with Crippen LogP contribution in [0.4, 0.5) is 13.2 Å². The van der Waals surface area contributed by atoms with E-state index in [-0.39, 0.29) is 13.2 Å². The molecule has 0 aromatic heterocycles. The van der Waals surface area contributed by atoms with Crippen molar-refractivity contribution < 1.29 is 37.6 Å². The number of amides is 1. The second-order valence-corrected chi connectivity index (χ2v) is 4.96.